The lowest BCUT2D eigenvalue weighted by Gasteiger charge is -2.32. The van der Waals surface area contributed by atoms with Gasteiger partial charge in [-0.2, -0.15) is 0 Å². The first-order valence-electron chi connectivity index (χ1n) is 13.0. The van der Waals surface area contributed by atoms with Crippen LogP contribution < -0.4 is 14.4 Å². The van der Waals surface area contributed by atoms with Gasteiger partial charge in [-0.15, -0.1) is 0 Å². The number of nitrogens with zero attached hydrogens (tertiary/aromatic N) is 2. The van der Waals surface area contributed by atoms with Crippen molar-refractivity contribution in [3.05, 3.63) is 90.5 Å². The number of hydrogen-bond acceptors (Lipinski definition) is 5. The van der Waals surface area contributed by atoms with Crippen molar-refractivity contribution in [2.24, 2.45) is 5.92 Å². The van der Waals surface area contributed by atoms with Crippen LogP contribution in [0.1, 0.15) is 33.3 Å². The molecular formula is C30H37N3O5S. The summed E-state index contributed by atoms with van der Waals surface area (Å²) < 4.78 is 34.2. The van der Waals surface area contributed by atoms with Crippen LogP contribution in [0.15, 0.2) is 89.8 Å². The first-order valence-corrected chi connectivity index (χ1v) is 14.5. The van der Waals surface area contributed by atoms with Crippen LogP contribution in [0.2, 0.25) is 0 Å². The van der Waals surface area contributed by atoms with Crippen molar-refractivity contribution >= 4 is 27.5 Å². The number of ether oxygens (including phenoxy) is 1. The van der Waals surface area contributed by atoms with E-state index in [4.69, 9.17) is 4.74 Å². The molecule has 1 N–H and O–H groups in total. The van der Waals surface area contributed by atoms with Crippen LogP contribution in [-0.2, 0) is 26.2 Å². The van der Waals surface area contributed by atoms with E-state index in [1.54, 1.807) is 49.4 Å². The number of amides is 2. The van der Waals surface area contributed by atoms with E-state index < -0.39 is 28.5 Å². The Hall–Kier alpha value is -3.85. The molecule has 0 saturated carbocycles. The second kappa shape index (κ2) is 13.8. The predicted octanol–water partition coefficient (Wildman–Crippen LogP) is 4.47. The summed E-state index contributed by atoms with van der Waals surface area (Å²) in [5.74, 6) is -0.000611. The molecule has 0 spiro atoms. The second-order valence-corrected chi connectivity index (χ2v) is 11.4. The summed E-state index contributed by atoms with van der Waals surface area (Å²) in [6.45, 7) is 8.08. The Balaban J connectivity index is 1.96. The zero-order valence-electron chi connectivity index (χ0n) is 22.9. The minimum absolute atomic E-state index is 0.0277. The molecule has 0 saturated heterocycles. The van der Waals surface area contributed by atoms with E-state index in [2.05, 4.69) is 5.32 Å². The average molecular weight is 552 g/mol. The molecule has 0 bridgehead atoms. The Morgan fingerprint density at radius 1 is 0.872 bits per heavy atom. The smallest absolute Gasteiger partial charge is 0.264 e. The van der Waals surface area contributed by atoms with Gasteiger partial charge in [0.25, 0.3) is 10.0 Å². The molecule has 3 aromatic rings. The van der Waals surface area contributed by atoms with Gasteiger partial charge in [-0.05, 0) is 61.7 Å². The van der Waals surface area contributed by atoms with Crippen molar-refractivity contribution < 1.29 is 22.7 Å². The average Bonchev–Trinajstić information content (AvgIpc) is 2.94. The summed E-state index contributed by atoms with van der Waals surface area (Å²) in [7, 11) is -4.12. The molecule has 0 aliphatic heterocycles. The first-order chi connectivity index (χ1) is 18.6. The third-order valence-corrected chi connectivity index (χ3v) is 7.88. The van der Waals surface area contributed by atoms with Crippen molar-refractivity contribution in [1.29, 1.82) is 0 Å². The largest absolute Gasteiger partial charge is 0.494 e. The monoisotopic (exact) mass is 551 g/mol. The maximum absolute atomic E-state index is 13.9. The highest BCUT2D eigenvalue weighted by Crippen LogP contribution is 2.26. The van der Waals surface area contributed by atoms with Crippen LogP contribution in [-0.4, -0.2) is 50.9 Å². The predicted molar refractivity (Wildman–Crippen MR) is 153 cm³/mol. The minimum Gasteiger partial charge on any atom is -0.494 e. The number of rotatable bonds is 13. The van der Waals surface area contributed by atoms with Gasteiger partial charge in [0.05, 0.1) is 17.2 Å². The highest BCUT2D eigenvalue weighted by atomic mass is 32.2. The molecule has 1 unspecified atom stereocenters. The van der Waals surface area contributed by atoms with Crippen molar-refractivity contribution in [1.82, 2.24) is 10.2 Å². The van der Waals surface area contributed by atoms with Gasteiger partial charge in [-0.3, -0.25) is 13.9 Å². The molecule has 3 rings (SSSR count). The van der Waals surface area contributed by atoms with Crippen LogP contribution in [0.3, 0.4) is 0 Å². The van der Waals surface area contributed by atoms with Gasteiger partial charge in [0.15, 0.2) is 0 Å². The van der Waals surface area contributed by atoms with E-state index in [9.17, 15) is 18.0 Å². The van der Waals surface area contributed by atoms with Gasteiger partial charge in [0.1, 0.15) is 18.3 Å². The zero-order valence-corrected chi connectivity index (χ0v) is 23.7. The standard InChI is InChI=1S/C30H37N3O5S/c1-5-38-27-16-18-28(19-17-27)39(36,37)33(26-14-10-7-11-15-26)22-29(34)32(21-25-12-8-6-9-13-25)24(4)30(35)31-20-23(2)3/h6-19,23-24H,5,20-22H2,1-4H3,(H,31,35). The Kier molecular flexibility index (Phi) is 10.5. The van der Waals surface area contributed by atoms with Gasteiger partial charge < -0.3 is 15.0 Å². The molecular weight excluding hydrogens is 514 g/mol. The minimum atomic E-state index is -4.12. The summed E-state index contributed by atoms with van der Waals surface area (Å²) in [5, 5.41) is 2.88. The maximum Gasteiger partial charge on any atom is 0.264 e. The van der Waals surface area contributed by atoms with E-state index in [0.29, 0.717) is 24.6 Å². The summed E-state index contributed by atoms with van der Waals surface area (Å²) in [4.78, 5) is 28.3. The van der Waals surface area contributed by atoms with Crippen LogP contribution in [0.5, 0.6) is 5.75 Å². The lowest BCUT2D eigenvalue weighted by Crippen LogP contribution is -2.51. The number of carbonyl (C=O) groups excluding carboxylic acids is 2. The molecule has 208 valence electrons. The fourth-order valence-corrected chi connectivity index (χ4v) is 5.35. The molecule has 9 heteroatoms. The fraction of sp³-hybridized carbons (Fsp3) is 0.333. The lowest BCUT2D eigenvalue weighted by atomic mass is 10.1. The summed E-state index contributed by atoms with van der Waals surface area (Å²) in [5.41, 5.74) is 1.17. The van der Waals surface area contributed by atoms with Crippen molar-refractivity contribution in [3.8, 4) is 5.75 Å². The van der Waals surface area contributed by atoms with Gasteiger partial charge in [0, 0.05) is 13.1 Å². The first kappa shape index (κ1) is 29.7. The van der Waals surface area contributed by atoms with Crippen LogP contribution >= 0.6 is 0 Å². The molecule has 0 aliphatic carbocycles. The van der Waals surface area contributed by atoms with Gasteiger partial charge in [-0.25, -0.2) is 8.42 Å². The third kappa shape index (κ3) is 8.07. The molecule has 0 heterocycles. The number of carbonyl (C=O) groups is 2. The molecule has 0 aromatic heterocycles. The Morgan fingerprint density at radius 3 is 2.03 bits per heavy atom. The third-order valence-electron chi connectivity index (χ3n) is 6.09. The van der Waals surface area contributed by atoms with E-state index in [1.165, 1.54) is 17.0 Å². The number of nitrogens with one attached hydrogen (secondary N) is 1. The van der Waals surface area contributed by atoms with Crippen molar-refractivity contribution in [2.75, 3.05) is 24.0 Å². The SMILES string of the molecule is CCOc1ccc(S(=O)(=O)N(CC(=O)N(Cc2ccccc2)C(C)C(=O)NCC(C)C)c2ccccc2)cc1. The Bertz CT molecular complexity index is 1310. The summed E-state index contributed by atoms with van der Waals surface area (Å²) in [6, 6.07) is 23.1. The van der Waals surface area contributed by atoms with Crippen LogP contribution in [0.25, 0.3) is 0 Å². The molecule has 8 nitrogen and oxygen atoms in total. The highest BCUT2D eigenvalue weighted by Gasteiger charge is 2.32. The Morgan fingerprint density at radius 2 is 1.46 bits per heavy atom. The topological polar surface area (TPSA) is 96.0 Å². The van der Waals surface area contributed by atoms with Gasteiger partial charge in [-0.1, -0.05) is 62.4 Å². The number of anilines is 1. The molecule has 3 aromatic carbocycles. The summed E-state index contributed by atoms with van der Waals surface area (Å²) >= 11 is 0. The van der Waals surface area contributed by atoms with Crippen LogP contribution in [0, 0.1) is 5.92 Å². The number of hydrogen-bond donors (Lipinski definition) is 1. The van der Waals surface area contributed by atoms with Crippen molar-refractivity contribution in [2.45, 2.75) is 45.2 Å². The number of sulfonamides is 1. The number of benzene rings is 3. The van der Waals surface area contributed by atoms with E-state index in [-0.39, 0.29) is 23.3 Å². The fourth-order valence-electron chi connectivity index (χ4n) is 3.94. The van der Waals surface area contributed by atoms with E-state index in [0.717, 1.165) is 9.87 Å². The normalized spacial score (nSPS) is 12.0. The zero-order chi connectivity index (χ0) is 28.4. The maximum atomic E-state index is 13.9. The summed E-state index contributed by atoms with van der Waals surface area (Å²) in [6.07, 6.45) is 0. The Labute approximate surface area is 231 Å². The molecule has 0 aliphatic rings. The lowest BCUT2D eigenvalue weighted by molar-refractivity contribution is -0.139. The second-order valence-electron chi connectivity index (χ2n) is 9.57. The number of para-hydroxylation sites is 1. The molecule has 2 amide bonds. The molecule has 0 fully saturated rings. The van der Waals surface area contributed by atoms with Gasteiger partial charge in [0.2, 0.25) is 11.8 Å². The highest BCUT2D eigenvalue weighted by molar-refractivity contribution is 7.92. The van der Waals surface area contributed by atoms with Gasteiger partial charge >= 0.3 is 0 Å². The molecule has 0 radical (unpaired) electrons. The van der Waals surface area contributed by atoms with E-state index in [1.807, 2.05) is 51.1 Å². The van der Waals surface area contributed by atoms with E-state index >= 15 is 0 Å². The quantitative estimate of drug-likeness (QED) is 0.338. The molecule has 1 atom stereocenters. The molecule has 39 heavy (non-hydrogen) atoms. The van der Waals surface area contributed by atoms with Crippen LogP contribution in [0.4, 0.5) is 5.69 Å². The van der Waals surface area contributed by atoms with Crippen molar-refractivity contribution in [3.63, 3.8) is 0 Å².